The number of hydrogen-bond donors (Lipinski definition) is 3. The van der Waals surface area contributed by atoms with Crippen LogP contribution in [-0.2, 0) is 22.6 Å². The van der Waals surface area contributed by atoms with E-state index in [2.05, 4.69) is 16.7 Å². The highest BCUT2D eigenvalue weighted by atomic mass is 35.5. The first kappa shape index (κ1) is 25.4. The Hall–Kier alpha value is -3.22. The second kappa shape index (κ2) is 11.8. The number of aliphatic carboxylic acids is 1. The zero-order valence-corrected chi connectivity index (χ0v) is 20.4. The fourth-order valence-electron chi connectivity index (χ4n) is 3.59. The monoisotopic (exact) mass is 500 g/mol. The number of carbonyl (C=O) groups excluding carboxylic acids is 1. The van der Waals surface area contributed by atoms with Gasteiger partial charge in [0, 0.05) is 12.2 Å². The highest BCUT2D eigenvalue weighted by molar-refractivity contribution is 6.37. The summed E-state index contributed by atoms with van der Waals surface area (Å²) >= 11 is 12.8. The Morgan fingerprint density at radius 1 is 1.00 bits per heavy atom. The van der Waals surface area contributed by atoms with Gasteiger partial charge in [0.05, 0.1) is 16.5 Å². The molecule has 0 fully saturated rings. The molecule has 1 amide bonds. The molecule has 0 saturated carbocycles. The van der Waals surface area contributed by atoms with E-state index in [0.29, 0.717) is 16.9 Å². The van der Waals surface area contributed by atoms with Crippen molar-refractivity contribution < 1.29 is 19.4 Å². The summed E-state index contributed by atoms with van der Waals surface area (Å²) in [6.07, 6.45) is -0.0831. The number of carboxylic acids is 1. The third-order valence-corrected chi connectivity index (χ3v) is 5.57. The van der Waals surface area contributed by atoms with Crippen molar-refractivity contribution in [2.75, 3.05) is 11.9 Å². The summed E-state index contributed by atoms with van der Waals surface area (Å²) in [6, 6.07) is 16.6. The van der Waals surface area contributed by atoms with E-state index < -0.39 is 17.9 Å². The molecule has 0 aliphatic carbocycles. The van der Waals surface area contributed by atoms with Crippen molar-refractivity contribution in [3.8, 4) is 5.75 Å². The van der Waals surface area contributed by atoms with Crippen molar-refractivity contribution in [3.05, 3.63) is 93.0 Å². The van der Waals surface area contributed by atoms with Crippen LogP contribution in [0.5, 0.6) is 5.75 Å². The minimum absolute atomic E-state index is 0.0831. The van der Waals surface area contributed by atoms with Crippen LogP contribution in [0.2, 0.25) is 10.0 Å². The molecule has 0 radical (unpaired) electrons. The first-order valence-corrected chi connectivity index (χ1v) is 11.5. The molecule has 1 atom stereocenters. The summed E-state index contributed by atoms with van der Waals surface area (Å²) in [4.78, 5) is 24.2. The van der Waals surface area contributed by atoms with Gasteiger partial charge in [0.1, 0.15) is 6.61 Å². The van der Waals surface area contributed by atoms with Gasteiger partial charge in [0.25, 0.3) is 0 Å². The van der Waals surface area contributed by atoms with Crippen LogP contribution in [0.25, 0.3) is 0 Å². The van der Waals surface area contributed by atoms with Crippen molar-refractivity contribution >= 4 is 40.8 Å². The Kier molecular flexibility index (Phi) is 8.79. The van der Waals surface area contributed by atoms with Gasteiger partial charge >= 0.3 is 5.97 Å². The van der Waals surface area contributed by atoms with E-state index in [1.807, 2.05) is 26.0 Å². The SMILES string of the molecule is CCNc1cc(C)cc(COc2c(Cl)cc(CC(=O)NC(C(=O)O)c3ccccc3)cc2Cl)c1. The second-order valence-corrected chi connectivity index (χ2v) is 8.66. The molecule has 0 aliphatic heterocycles. The van der Waals surface area contributed by atoms with Crippen molar-refractivity contribution in [2.24, 2.45) is 0 Å². The Balaban J connectivity index is 1.68. The third kappa shape index (κ3) is 6.89. The van der Waals surface area contributed by atoms with Crippen LogP contribution in [0, 0.1) is 6.92 Å². The molecule has 178 valence electrons. The van der Waals surface area contributed by atoms with Crippen LogP contribution in [0.3, 0.4) is 0 Å². The number of benzene rings is 3. The molecular formula is C26H26Cl2N2O4. The number of hydrogen-bond acceptors (Lipinski definition) is 4. The number of amides is 1. The summed E-state index contributed by atoms with van der Waals surface area (Å²) in [5.74, 6) is -1.28. The second-order valence-electron chi connectivity index (χ2n) is 7.84. The van der Waals surface area contributed by atoms with Crippen LogP contribution in [0.4, 0.5) is 5.69 Å². The van der Waals surface area contributed by atoms with E-state index in [-0.39, 0.29) is 23.1 Å². The molecule has 0 saturated heterocycles. The highest BCUT2D eigenvalue weighted by Crippen LogP contribution is 2.35. The summed E-state index contributed by atoms with van der Waals surface area (Å²) < 4.78 is 5.89. The average molecular weight is 501 g/mol. The number of carbonyl (C=O) groups is 2. The minimum Gasteiger partial charge on any atom is -0.486 e. The number of anilines is 1. The van der Waals surface area contributed by atoms with Crippen LogP contribution in [-0.4, -0.2) is 23.5 Å². The first-order valence-electron chi connectivity index (χ1n) is 10.8. The Bertz CT molecular complexity index is 1150. The van der Waals surface area contributed by atoms with Crippen LogP contribution >= 0.6 is 23.2 Å². The quantitative estimate of drug-likeness (QED) is 0.327. The van der Waals surface area contributed by atoms with E-state index >= 15 is 0 Å². The van der Waals surface area contributed by atoms with Crippen LogP contribution in [0.15, 0.2) is 60.7 Å². The molecule has 3 N–H and O–H groups in total. The van der Waals surface area contributed by atoms with Crippen molar-refractivity contribution in [3.63, 3.8) is 0 Å². The maximum Gasteiger partial charge on any atom is 0.330 e. The molecule has 6 nitrogen and oxygen atoms in total. The van der Waals surface area contributed by atoms with Gasteiger partial charge in [-0.25, -0.2) is 4.79 Å². The van der Waals surface area contributed by atoms with Crippen LogP contribution < -0.4 is 15.4 Å². The summed E-state index contributed by atoms with van der Waals surface area (Å²) in [6.45, 7) is 5.13. The predicted octanol–water partition coefficient (Wildman–Crippen LogP) is 5.80. The van der Waals surface area contributed by atoms with Gasteiger partial charge in [-0.15, -0.1) is 0 Å². The van der Waals surface area contributed by atoms with E-state index in [0.717, 1.165) is 23.4 Å². The van der Waals surface area contributed by atoms with Gasteiger partial charge < -0.3 is 20.5 Å². The molecule has 1 unspecified atom stereocenters. The maximum absolute atomic E-state index is 12.5. The lowest BCUT2D eigenvalue weighted by Gasteiger charge is -2.16. The predicted molar refractivity (Wildman–Crippen MR) is 135 cm³/mol. The number of carboxylic acid groups (broad SMARTS) is 1. The number of ether oxygens (including phenoxy) is 1. The first-order chi connectivity index (χ1) is 16.3. The lowest BCUT2D eigenvalue weighted by atomic mass is 10.1. The fourth-order valence-corrected chi connectivity index (χ4v) is 4.23. The molecule has 8 heteroatoms. The molecule has 0 aliphatic rings. The molecule has 3 rings (SSSR count). The molecule has 3 aromatic rings. The lowest BCUT2D eigenvalue weighted by molar-refractivity contribution is -0.141. The van der Waals surface area contributed by atoms with Crippen LogP contribution in [0.1, 0.15) is 35.2 Å². The lowest BCUT2D eigenvalue weighted by Crippen LogP contribution is -2.34. The topological polar surface area (TPSA) is 87.7 Å². The molecule has 0 aromatic heterocycles. The van der Waals surface area contributed by atoms with Gasteiger partial charge in [-0.05, 0) is 60.4 Å². The summed E-state index contributed by atoms with van der Waals surface area (Å²) in [5.41, 5.74) is 4.10. The molecule has 0 heterocycles. The molecule has 3 aromatic carbocycles. The zero-order chi connectivity index (χ0) is 24.7. The molecule has 0 bridgehead atoms. The summed E-state index contributed by atoms with van der Waals surface area (Å²) in [5, 5.41) is 15.9. The fraction of sp³-hybridized carbons (Fsp3) is 0.231. The molecule has 34 heavy (non-hydrogen) atoms. The number of halogens is 2. The maximum atomic E-state index is 12.5. The molecular weight excluding hydrogens is 475 g/mol. The zero-order valence-electron chi connectivity index (χ0n) is 18.9. The van der Waals surface area contributed by atoms with Gasteiger partial charge in [0.15, 0.2) is 11.8 Å². The van der Waals surface area contributed by atoms with E-state index in [4.69, 9.17) is 27.9 Å². The van der Waals surface area contributed by atoms with Gasteiger partial charge in [0.2, 0.25) is 5.91 Å². The molecule has 0 spiro atoms. The minimum atomic E-state index is -1.15. The largest absolute Gasteiger partial charge is 0.486 e. The van der Waals surface area contributed by atoms with Crippen molar-refractivity contribution in [2.45, 2.75) is 32.9 Å². The standard InChI is InChI=1S/C26H26Cl2N2O4/c1-3-29-20-10-16(2)9-18(11-20)15-34-25-21(27)12-17(13-22(25)28)14-23(31)30-24(26(32)33)19-7-5-4-6-8-19/h4-13,24,29H,3,14-15H2,1-2H3,(H,30,31)(H,32,33). The van der Waals surface area contributed by atoms with Gasteiger partial charge in [-0.2, -0.15) is 0 Å². The average Bonchev–Trinajstić information content (AvgIpc) is 2.77. The van der Waals surface area contributed by atoms with E-state index in [1.165, 1.54) is 0 Å². The Labute approximate surface area is 208 Å². The van der Waals surface area contributed by atoms with E-state index in [9.17, 15) is 14.7 Å². The number of aryl methyl sites for hydroxylation is 1. The third-order valence-electron chi connectivity index (χ3n) is 5.01. The van der Waals surface area contributed by atoms with Crippen molar-refractivity contribution in [1.29, 1.82) is 0 Å². The van der Waals surface area contributed by atoms with E-state index in [1.54, 1.807) is 42.5 Å². The number of nitrogens with one attached hydrogen (secondary N) is 2. The Morgan fingerprint density at radius 3 is 2.29 bits per heavy atom. The number of rotatable bonds is 10. The van der Waals surface area contributed by atoms with Gasteiger partial charge in [-0.1, -0.05) is 59.6 Å². The summed E-state index contributed by atoms with van der Waals surface area (Å²) in [7, 11) is 0. The highest BCUT2D eigenvalue weighted by Gasteiger charge is 2.22. The normalized spacial score (nSPS) is 11.5. The Morgan fingerprint density at radius 2 is 1.68 bits per heavy atom. The van der Waals surface area contributed by atoms with Crippen molar-refractivity contribution in [1.82, 2.24) is 5.32 Å². The van der Waals surface area contributed by atoms with Gasteiger partial charge in [-0.3, -0.25) is 4.79 Å². The smallest absolute Gasteiger partial charge is 0.330 e.